The van der Waals surface area contributed by atoms with Gasteiger partial charge in [-0.15, -0.1) is 0 Å². The summed E-state index contributed by atoms with van der Waals surface area (Å²) in [6, 6.07) is 0.0304. The molecule has 5 heteroatoms. The van der Waals surface area contributed by atoms with Gasteiger partial charge >= 0.3 is 6.03 Å². The number of carbonyl (C=O) groups excluding carboxylic acids is 1. The molecule has 5 unspecified atom stereocenters. The van der Waals surface area contributed by atoms with E-state index < -0.39 is 6.10 Å². The lowest BCUT2D eigenvalue weighted by Gasteiger charge is -2.28. The number of hydrogen-bond acceptors (Lipinski definition) is 3. The Hall–Kier alpha value is -0.810. The van der Waals surface area contributed by atoms with Crippen LogP contribution in [-0.4, -0.2) is 43.0 Å². The van der Waals surface area contributed by atoms with Crippen molar-refractivity contribution in [3.05, 3.63) is 0 Å². The van der Waals surface area contributed by atoms with Crippen molar-refractivity contribution in [3.63, 3.8) is 0 Å². The fraction of sp³-hybridized carbons (Fsp3) is 0.941. The first-order valence-electron chi connectivity index (χ1n) is 8.75. The molecule has 2 saturated carbocycles. The zero-order chi connectivity index (χ0) is 16.1. The molecule has 2 aliphatic carbocycles. The number of ether oxygens (including phenoxy) is 1. The molecule has 0 aliphatic heterocycles. The smallest absolute Gasteiger partial charge is 0.315 e. The molecule has 5 nitrogen and oxygen atoms in total. The van der Waals surface area contributed by atoms with E-state index in [1.54, 1.807) is 0 Å². The van der Waals surface area contributed by atoms with Crippen LogP contribution in [0.1, 0.15) is 46.5 Å². The van der Waals surface area contributed by atoms with E-state index in [1.165, 1.54) is 25.7 Å². The van der Waals surface area contributed by atoms with E-state index in [0.29, 0.717) is 18.4 Å². The van der Waals surface area contributed by atoms with Crippen molar-refractivity contribution >= 4 is 6.03 Å². The van der Waals surface area contributed by atoms with Crippen LogP contribution < -0.4 is 10.6 Å². The van der Waals surface area contributed by atoms with Crippen molar-refractivity contribution in [2.45, 2.75) is 58.6 Å². The maximum Gasteiger partial charge on any atom is 0.315 e. The highest BCUT2D eigenvalue weighted by atomic mass is 16.5. The molecule has 0 aromatic carbocycles. The Kier molecular flexibility index (Phi) is 6.50. The van der Waals surface area contributed by atoms with Gasteiger partial charge in [0, 0.05) is 19.2 Å². The van der Waals surface area contributed by atoms with Crippen molar-refractivity contribution < 1.29 is 14.6 Å². The van der Waals surface area contributed by atoms with Crippen molar-refractivity contribution in [1.82, 2.24) is 10.6 Å². The molecule has 128 valence electrons. The maximum atomic E-state index is 11.9. The van der Waals surface area contributed by atoms with Gasteiger partial charge < -0.3 is 20.5 Å². The van der Waals surface area contributed by atoms with Crippen LogP contribution >= 0.6 is 0 Å². The van der Waals surface area contributed by atoms with E-state index >= 15 is 0 Å². The molecular weight excluding hydrogens is 280 g/mol. The lowest BCUT2D eigenvalue weighted by atomic mass is 9.84. The Morgan fingerprint density at radius 2 is 2.00 bits per heavy atom. The van der Waals surface area contributed by atoms with Gasteiger partial charge in [0.2, 0.25) is 0 Å². The summed E-state index contributed by atoms with van der Waals surface area (Å²) in [5.41, 5.74) is 0. The molecule has 2 aliphatic rings. The Labute approximate surface area is 134 Å². The molecular formula is C17H32N2O3. The van der Waals surface area contributed by atoms with Gasteiger partial charge in [-0.05, 0) is 49.9 Å². The van der Waals surface area contributed by atoms with Crippen molar-refractivity contribution in [2.24, 2.45) is 23.7 Å². The lowest BCUT2D eigenvalue weighted by molar-refractivity contribution is 0.0272. The maximum absolute atomic E-state index is 11.9. The number of rotatable bonds is 8. The molecule has 5 atom stereocenters. The lowest BCUT2D eigenvalue weighted by Crippen LogP contribution is -2.47. The van der Waals surface area contributed by atoms with Gasteiger partial charge in [0.05, 0.1) is 12.7 Å². The van der Waals surface area contributed by atoms with Gasteiger partial charge in [-0.1, -0.05) is 20.3 Å². The molecule has 0 spiro atoms. The summed E-state index contributed by atoms with van der Waals surface area (Å²) in [5.74, 6) is 2.77. The van der Waals surface area contributed by atoms with Crippen LogP contribution in [0, 0.1) is 23.7 Å². The second-order valence-corrected chi connectivity index (χ2v) is 7.57. The predicted molar refractivity (Wildman–Crippen MR) is 86.6 cm³/mol. The first kappa shape index (κ1) is 17.5. The Morgan fingerprint density at radius 1 is 1.23 bits per heavy atom. The minimum atomic E-state index is -0.651. The van der Waals surface area contributed by atoms with Gasteiger partial charge in [-0.25, -0.2) is 4.79 Å². The highest BCUT2D eigenvalue weighted by Crippen LogP contribution is 2.49. The van der Waals surface area contributed by atoms with Crippen LogP contribution in [-0.2, 0) is 4.74 Å². The van der Waals surface area contributed by atoms with E-state index in [0.717, 1.165) is 11.8 Å². The van der Waals surface area contributed by atoms with Gasteiger partial charge in [-0.3, -0.25) is 0 Å². The average Bonchev–Trinajstić information content (AvgIpc) is 3.07. The third-order valence-electron chi connectivity index (χ3n) is 5.05. The number of carbonyl (C=O) groups is 1. The standard InChI is InChI=1S/C17H32N2O3/c1-11(2)9-22-10-15(20)8-18-17(21)19-12(3)16-7-13-4-5-14(16)6-13/h11-16,20H,4-10H2,1-3H3,(H2,18,19,21). The summed E-state index contributed by atoms with van der Waals surface area (Å²) in [6.45, 7) is 7.36. The minimum absolute atomic E-state index is 0.182. The predicted octanol–water partition coefficient (Wildman–Crippen LogP) is 2.14. The molecule has 0 heterocycles. The van der Waals surface area contributed by atoms with Crippen LogP contribution in [0.25, 0.3) is 0 Å². The summed E-state index contributed by atoms with van der Waals surface area (Å²) in [5, 5.41) is 15.5. The van der Waals surface area contributed by atoms with E-state index in [2.05, 4.69) is 31.4 Å². The van der Waals surface area contributed by atoms with Gasteiger partial charge in [-0.2, -0.15) is 0 Å². The van der Waals surface area contributed by atoms with Crippen LogP contribution in [0.15, 0.2) is 0 Å². The van der Waals surface area contributed by atoms with Gasteiger partial charge in [0.1, 0.15) is 0 Å². The number of aliphatic hydroxyl groups is 1. The number of aliphatic hydroxyl groups excluding tert-OH is 1. The number of fused-ring (bicyclic) bond motifs is 2. The fourth-order valence-corrected chi connectivity index (χ4v) is 3.98. The number of hydrogen-bond donors (Lipinski definition) is 3. The summed E-state index contributed by atoms with van der Waals surface area (Å²) in [6.07, 6.45) is 4.67. The van der Waals surface area contributed by atoms with E-state index in [1.807, 2.05) is 0 Å². The van der Waals surface area contributed by atoms with Gasteiger partial charge in [0.15, 0.2) is 0 Å². The topological polar surface area (TPSA) is 70.6 Å². The third-order valence-corrected chi connectivity index (χ3v) is 5.05. The van der Waals surface area contributed by atoms with Crippen LogP contribution in [0.5, 0.6) is 0 Å². The number of nitrogens with one attached hydrogen (secondary N) is 2. The Balaban J connectivity index is 1.59. The normalized spacial score (nSPS) is 29.6. The Bertz CT molecular complexity index is 362. The number of urea groups is 1. The van der Waals surface area contributed by atoms with E-state index in [4.69, 9.17) is 4.74 Å². The first-order valence-corrected chi connectivity index (χ1v) is 8.75. The largest absolute Gasteiger partial charge is 0.389 e. The highest BCUT2D eigenvalue weighted by molar-refractivity contribution is 5.74. The highest BCUT2D eigenvalue weighted by Gasteiger charge is 2.42. The quantitative estimate of drug-likeness (QED) is 0.643. The summed E-state index contributed by atoms with van der Waals surface area (Å²) in [4.78, 5) is 11.9. The molecule has 2 fully saturated rings. The van der Waals surface area contributed by atoms with Crippen molar-refractivity contribution in [2.75, 3.05) is 19.8 Å². The van der Waals surface area contributed by atoms with Crippen LogP contribution in [0.3, 0.4) is 0 Å². The second-order valence-electron chi connectivity index (χ2n) is 7.57. The molecule has 3 N–H and O–H groups in total. The summed E-state index contributed by atoms with van der Waals surface area (Å²) < 4.78 is 5.36. The average molecular weight is 312 g/mol. The van der Waals surface area contributed by atoms with Crippen molar-refractivity contribution in [1.29, 1.82) is 0 Å². The first-order chi connectivity index (χ1) is 10.5. The SMILES string of the molecule is CC(C)COCC(O)CNC(=O)NC(C)C1CC2CCC1C2. The molecule has 2 amide bonds. The molecule has 0 radical (unpaired) electrons. The van der Waals surface area contributed by atoms with Gasteiger partial charge in [0.25, 0.3) is 0 Å². The molecule has 0 aromatic rings. The van der Waals surface area contributed by atoms with E-state index in [9.17, 15) is 9.90 Å². The van der Waals surface area contributed by atoms with Crippen molar-refractivity contribution in [3.8, 4) is 0 Å². The van der Waals surface area contributed by atoms with E-state index in [-0.39, 0.29) is 25.2 Å². The second kappa shape index (κ2) is 8.16. The van der Waals surface area contributed by atoms with Crippen LogP contribution in [0.2, 0.25) is 0 Å². The zero-order valence-electron chi connectivity index (χ0n) is 14.2. The van der Waals surface area contributed by atoms with Crippen LogP contribution in [0.4, 0.5) is 4.79 Å². The molecule has 22 heavy (non-hydrogen) atoms. The minimum Gasteiger partial charge on any atom is -0.389 e. The molecule has 0 saturated heterocycles. The summed E-state index contributed by atoms with van der Waals surface area (Å²) in [7, 11) is 0. The monoisotopic (exact) mass is 312 g/mol. The molecule has 2 rings (SSSR count). The fourth-order valence-electron chi connectivity index (χ4n) is 3.98. The number of amides is 2. The zero-order valence-corrected chi connectivity index (χ0v) is 14.2. The Morgan fingerprint density at radius 3 is 2.59 bits per heavy atom. The molecule has 2 bridgehead atoms. The summed E-state index contributed by atoms with van der Waals surface area (Å²) >= 11 is 0. The third kappa shape index (κ3) is 5.13. The molecule has 0 aromatic heterocycles.